The van der Waals surface area contributed by atoms with E-state index in [4.69, 9.17) is 16.3 Å². The third-order valence-corrected chi connectivity index (χ3v) is 2.65. The maximum Gasteiger partial charge on any atom is 0.326 e. The van der Waals surface area contributed by atoms with E-state index in [0.717, 1.165) is 6.54 Å². The molecule has 2 amide bonds. The Bertz CT molecular complexity index is 490. The molecule has 0 aliphatic carbocycles. The first-order valence-electron chi connectivity index (χ1n) is 5.39. The predicted octanol–water partition coefficient (Wildman–Crippen LogP) is 1.43. The molecule has 1 aromatic carbocycles. The number of anilines is 1. The van der Waals surface area contributed by atoms with E-state index in [1.165, 1.54) is 7.11 Å². The third-order valence-electron chi connectivity index (χ3n) is 2.34. The van der Waals surface area contributed by atoms with Gasteiger partial charge in [0.2, 0.25) is 0 Å². The second-order valence-corrected chi connectivity index (χ2v) is 3.96. The van der Waals surface area contributed by atoms with Crippen molar-refractivity contribution < 1.29 is 9.53 Å². The van der Waals surface area contributed by atoms with Crippen LogP contribution in [0.4, 0.5) is 10.5 Å². The second-order valence-electron chi connectivity index (χ2n) is 3.55. The largest absolute Gasteiger partial charge is 0.495 e. The summed E-state index contributed by atoms with van der Waals surface area (Å²) in [6.45, 7) is 1.38. The van der Waals surface area contributed by atoms with Crippen LogP contribution in [0, 0.1) is 0 Å². The molecule has 3 N–H and O–H groups in total. The number of nitrogens with one attached hydrogen (secondary N) is 3. The summed E-state index contributed by atoms with van der Waals surface area (Å²) < 4.78 is 5.12. The maximum absolute atomic E-state index is 11.7. The van der Waals surface area contributed by atoms with Crippen molar-refractivity contribution in [2.45, 2.75) is 0 Å². The lowest BCUT2D eigenvalue weighted by Crippen LogP contribution is -2.40. The van der Waals surface area contributed by atoms with Crippen molar-refractivity contribution in [2.75, 3.05) is 25.5 Å². The number of rotatable bonds is 2. The van der Waals surface area contributed by atoms with Crippen LogP contribution in [-0.4, -0.2) is 32.2 Å². The van der Waals surface area contributed by atoms with Crippen molar-refractivity contribution >= 4 is 29.3 Å². The fraction of sp³-hybridized carbons (Fsp3) is 0.273. The molecule has 7 heteroatoms. The monoisotopic (exact) mass is 268 g/mol. The zero-order chi connectivity index (χ0) is 13.0. The highest BCUT2D eigenvalue weighted by molar-refractivity contribution is 6.34. The summed E-state index contributed by atoms with van der Waals surface area (Å²) in [5, 5.41) is 8.55. The Balaban J connectivity index is 2.06. The molecule has 0 radical (unpaired) electrons. The Morgan fingerprint density at radius 1 is 1.50 bits per heavy atom. The van der Waals surface area contributed by atoms with Gasteiger partial charge in [0.25, 0.3) is 0 Å². The van der Waals surface area contributed by atoms with Gasteiger partial charge in [-0.25, -0.2) is 4.79 Å². The van der Waals surface area contributed by atoms with Gasteiger partial charge in [-0.3, -0.25) is 10.3 Å². The Kier molecular flexibility index (Phi) is 3.88. The molecule has 0 atom stereocenters. The lowest BCUT2D eigenvalue weighted by molar-refractivity contribution is 0.256. The smallest absolute Gasteiger partial charge is 0.326 e. The molecule has 0 bridgehead atoms. The van der Waals surface area contributed by atoms with Crippen molar-refractivity contribution in [1.29, 1.82) is 0 Å². The molecule has 1 aliphatic heterocycles. The molecule has 1 aromatic rings. The van der Waals surface area contributed by atoms with Crippen LogP contribution in [0.1, 0.15) is 0 Å². The first-order valence-corrected chi connectivity index (χ1v) is 5.77. The van der Waals surface area contributed by atoms with Crippen LogP contribution >= 0.6 is 11.6 Å². The zero-order valence-corrected chi connectivity index (χ0v) is 10.5. The van der Waals surface area contributed by atoms with Crippen molar-refractivity contribution in [3.63, 3.8) is 0 Å². The summed E-state index contributed by atoms with van der Waals surface area (Å²) in [4.78, 5) is 15.8. The number of hydrogen-bond acceptors (Lipinski definition) is 4. The lowest BCUT2D eigenvalue weighted by Gasteiger charge is -2.12. The van der Waals surface area contributed by atoms with Gasteiger partial charge < -0.3 is 15.4 Å². The molecule has 0 spiro atoms. The van der Waals surface area contributed by atoms with Crippen LogP contribution in [0.25, 0.3) is 0 Å². The summed E-state index contributed by atoms with van der Waals surface area (Å²) in [7, 11) is 1.51. The molecule has 1 aliphatic rings. The number of methoxy groups -OCH3 is 1. The summed E-state index contributed by atoms with van der Waals surface area (Å²) in [5.74, 6) is 0.956. The van der Waals surface area contributed by atoms with Gasteiger partial charge in [0, 0.05) is 6.54 Å². The summed E-state index contributed by atoms with van der Waals surface area (Å²) >= 11 is 6.00. The van der Waals surface area contributed by atoms with Gasteiger partial charge in [-0.15, -0.1) is 0 Å². The van der Waals surface area contributed by atoms with Gasteiger partial charge in [0.05, 0.1) is 18.7 Å². The van der Waals surface area contributed by atoms with E-state index >= 15 is 0 Å². The SMILES string of the molecule is COc1cccc(Cl)c1NC(=O)NC1=NCCN1. The molecule has 0 fully saturated rings. The number of urea groups is 1. The van der Waals surface area contributed by atoms with Crippen LogP contribution in [0.5, 0.6) is 5.75 Å². The highest BCUT2D eigenvalue weighted by Crippen LogP contribution is 2.31. The van der Waals surface area contributed by atoms with Crippen molar-refractivity contribution in [1.82, 2.24) is 10.6 Å². The van der Waals surface area contributed by atoms with Crippen molar-refractivity contribution in [3.8, 4) is 5.75 Å². The first kappa shape index (κ1) is 12.5. The summed E-state index contributed by atoms with van der Waals surface area (Å²) in [5.41, 5.74) is 0.428. The molecular formula is C11H13ClN4O2. The predicted molar refractivity (Wildman–Crippen MR) is 70.5 cm³/mol. The average molecular weight is 269 g/mol. The molecule has 1 heterocycles. The van der Waals surface area contributed by atoms with Gasteiger partial charge in [0.15, 0.2) is 5.96 Å². The van der Waals surface area contributed by atoms with Crippen LogP contribution in [-0.2, 0) is 0 Å². The van der Waals surface area contributed by atoms with Crippen LogP contribution in [0.3, 0.4) is 0 Å². The number of carbonyl (C=O) groups excluding carboxylic acids is 1. The quantitative estimate of drug-likeness (QED) is 0.760. The number of nitrogens with zero attached hydrogens (tertiary/aromatic N) is 1. The van der Waals surface area contributed by atoms with E-state index in [1.807, 2.05) is 0 Å². The molecule has 0 aromatic heterocycles. The molecule has 0 saturated heterocycles. The Morgan fingerprint density at radius 2 is 2.33 bits per heavy atom. The normalized spacial score (nSPS) is 13.6. The average Bonchev–Trinajstić information content (AvgIpc) is 2.84. The number of hydrogen-bond donors (Lipinski definition) is 3. The highest BCUT2D eigenvalue weighted by Gasteiger charge is 2.13. The number of guanidine groups is 1. The number of para-hydroxylation sites is 1. The molecule has 18 heavy (non-hydrogen) atoms. The Labute approximate surface area is 109 Å². The van der Waals surface area contributed by atoms with E-state index in [-0.39, 0.29) is 0 Å². The van der Waals surface area contributed by atoms with E-state index < -0.39 is 6.03 Å². The minimum absolute atomic E-state index is 0.408. The number of halogens is 1. The number of aliphatic imine (C=N–C) groups is 1. The van der Waals surface area contributed by atoms with E-state index in [1.54, 1.807) is 18.2 Å². The van der Waals surface area contributed by atoms with Gasteiger partial charge in [-0.1, -0.05) is 17.7 Å². The van der Waals surface area contributed by atoms with E-state index in [9.17, 15) is 4.79 Å². The summed E-state index contributed by atoms with van der Waals surface area (Å²) in [6, 6.07) is 4.71. The van der Waals surface area contributed by atoms with Gasteiger partial charge in [-0.2, -0.15) is 0 Å². The van der Waals surface area contributed by atoms with E-state index in [2.05, 4.69) is 20.9 Å². The highest BCUT2D eigenvalue weighted by atomic mass is 35.5. The lowest BCUT2D eigenvalue weighted by atomic mass is 10.3. The number of amides is 2. The number of ether oxygens (including phenoxy) is 1. The summed E-state index contributed by atoms with van der Waals surface area (Å²) in [6.07, 6.45) is 0. The first-order chi connectivity index (χ1) is 8.70. The van der Waals surface area contributed by atoms with Crippen molar-refractivity contribution in [2.24, 2.45) is 4.99 Å². The van der Waals surface area contributed by atoms with Gasteiger partial charge in [0.1, 0.15) is 11.4 Å². The minimum atomic E-state index is -0.422. The van der Waals surface area contributed by atoms with Gasteiger partial charge in [-0.05, 0) is 12.1 Å². The topological polar surface area (TPSA) is 74.8 Å². The van der Waals surface area contributed by atoms with Crippen molar-refractivity contribution in [3.05, 3.63) is 23.2 Å². The molecule has 2 rings (SSSR count). The Morgan fingerprint density at radius 3 is 3.00 bits per heavy atom. The maximum atomic E-state index is 11.7. The third kappa shape index (κ3) is 2.84. The van der Waals surface area contributed by atoms with Crippen LogP contribution in [0.15, 0.2) is 23.2 Å². The molecule has 0 saturated carbocycles. The zero-order valence-electron chi connectivity index (χ0n) is 9.79. The fourth-order valence-electron chi connectivity index (χ4n) is 1.53. The van der Waals surface area contributed by atoms with Crippen LogP contribution in [0.2, 0.25) is 5.02 Å². The molecule has 6 nitrogen and oxygen atoms in total. The standard InChI is InChI=1S/C11H13ClN4O2/c1-18-8-4-2-3-7(12)9(8)15-11(17)16-10-13-5-6-14-10/h2-4H,5-6H2,1H3,(H3,13,14,15,16,17). The fourth-order valence-corrected chi connectivity index (χ4v) is 1.74. The van der Waals surface area contributed by atoms with Crippen LogP contribution < -0.4 is 20.7 Å². The second kappa shape index (κ2) is 5.59. The Hall–Kier alpha value is -1.95. The molecular weight excluding hydrogens is 256 g/mol. The molecule has 96 valence electrons. The van der Waals surface area contributed by atoms with Gasteiger partial charge >= 0.3 is 6.03 Å². The number of benzene rings is 1. The molecule has 0 unspecified atom stereocenters. The minimum Gasteiger partial charge on any atom is -0.495 e. The van der Waals surface area contributed by atoms with E-state index in [0.29, 0.717) is 29.0 Å². The number of carbonyl (C=O) groups is 1.